The standard InChI is InChI=1S/C12H18N2O6S/c1-4-18-11(17)20-5-19-10(16)7-12(2,3)21-9-6(13)8(15)14(7)9/h6-7,9H,4-5,13H2,1-3H3/t6?,7-,9+/m0/s1. The molecule has 118 valence electrons. The Balaban J connectivity index is 1.92. The first-order valence-corrected chi connectivity index (χ1v) is 7.39. The lowest BCUT2D eigenvalue weighted by Gasteiger charge is -2.41. The van der Waals surface area contributed by atoms with Gasteiger partial charge in [0.2, 0.25) is 12.7 Å². The first kappa shape index (κ1) is 15.9. The topological polar surface area (TPSA) is 108 Å². The first-order valence-electron chi connectivity index (χ1n) is 6.51. The van der Waals surface area contributed by atoms with Gasteiger partial charge in [0.25, 0.3) is 0 Å². The zero-order valence-corrected chi connectivity index (χ0v) is 12.8. The maximum absolute atomic E-state index is 12.1. The Kier molecular flexibility index (Phi) is 4.33. The average Bonchev–Trinajstić information content (AvgIpc) is 2.67. The van der Waals surface area contributed by atoms with Gasteiger partial charge in [-0.3, -0.25) is 4.79 Å². The molecule has 0 bridgehead atoms. The van der Waals surface area contributed by atoms with Crippen LogP contribution in [0.15, 0.2) is 0 Å². The van der Waals surface area contributed by atoms with E-state index in [9.17, 15) is 14.4 Å². The quantitative estimate of drug-likeness (QED) is 0.440. The van der Waals surface area contributed by atoms with Gasteiger partial charge in [-0.05, 0) is 20.8 Å². The summed E-state index contributed by atoms with van der Waals surface area (Å²) in [5.74, 6) is -0.897. The molecule has 2 heterocycles. The first-order chi connectivity index (χ1) is 9.79. The number of rotatable bonds is 4. The predicted molar refractivity (Wildman–Crippen MR) is 73.1 cm³/mol. The van der Waals surface area contributed by atoms with E-state index >= 15 is 0 Å². The highest BCUT2D eigenvalue weighted by atomic mass is 32.2. The molecule has 2 saturated heterocycles. The molecule has 2 aliphatic rings. The summed E-state index contributed by atoms with van der Waals surface area (Å²) in [5.41, 5.74) is 5.71. The van der Waals surface area contributed by atoms with Gasteiger partial charge in [-0.15, -0.1) is 11.8 Å². The molecule has 0 aromatic rings. The van der Waals surface area contributed by atoms with Crippen molar-refractivity contribution in [3.05, 3.63) is 0 Å². The number of thioether (sulfide) groups is 1. The third kappa shape index (κ3) is 2.80. The molecule has 0 spiro atoms. The van der Waals surface area contributed by atoms with E-state index < -0.39 is 35.7 Å². The number of esters is 1. The van der Waals surface area contributed by atoms with Gasteiger partial charge in [-0.25, -0.2) is 9.59 Å². The minimum atomic E-state index is -0.912. The van der Waals surface area contributed by atoms with Gasteiger partial charge in [-0.2, -0.15) is 0 Å². The Hall–Kier alpha value is -1.48. The molecule has 0 aliphatic carbocycles. The smallest absolute Gasteiger partial charge is 0.435 e. The fourth-order valence-corrected chi connectivity index (χ4v) is 3.96. The lowest BCUT2D eigenvalue weighted by Crippen LogP contribution is -2.68. The number of carbonyl (C=O) groups is 3. The van der Waals surface area contributed by atoms with Crippen molar-refractivity contribution in [3.8, 4) is 0 Å². The van der Waals surface area contributed by atoms with Crippen molar-refractivity contribution >= 4 is 29.8 Å². The third-order valence-corrected chi connectivity index (χ3v) is 4.94. The number of amides is 1. The van der Waals surface area contributed by atoms with Crippen LogP contribution in [0.5, 0.6) is 0 Å². The van der Waals surface area contributed by atoms with Crippen molar-refractivity contribution in [1.82, 2.24) is 4.90 Å². The van der Waals surface area contributed by atoms with Crippen LogP contribution < -0.4 is 5.73 Å². The van der Waals surface area contributed by atoms with Gasteiger partial charge < -0.3 is 24.8 Å². The van der Waals surface area contributed by atoms with Gasteiger partial charge in [0.15, 0.2) is 0 Å². The number of fused-ring (bicyclic) bond motifs is 1. The van der Waals surface area contributed by atoms with Crippen molar-refractivity contribution in [2.24, 2.45) is 5.73 Å². The molecule has 8 nitrogen and oxygen atoms in total. The minimum Gasteiger partial charge on any atom is -0.435 e. The Morgan fingerprint density at radius 3 is 2.62 bits per heavy atom. The van der Waals surface area contributed by atoms with E-state index in [1.54, 1.807) is 6.92 Å². The van der Waals surface area contributed by atoms with Crippen LogP contribution in [0.1, 0.15) is 20.8 Å². The molecule has 1 unspecified atom stereocenters. The molecule has 0 aromatic heterocycles. The molecule has 0 aromatic carbocycles. The molecule has 0 saturated carbocycles. The average molecular weight is 318 g/mol. The highest BCUT2D eigenvalue weighted by molar-refractivity contribution is 8.01. The maximum Gasteiger partial charge on any atom is 0.511 e. The van der Waals surface area contributed by atoms with Gasteiger partial charge in [-0.1, -0.05) is 0 Å². The highest BCUT2D eigenvalue weighted by Crippen LogP contribution is 2.50. The van der Waals surface area contributed by atoms with E-state index in [1.807, 2.05) is 13.8 Å². The Morgan fingerprint density at radius 2 is 2.00 bits per heavy atom. The lowest BCUT2D eigenvalue weighted by atomic mass is 9.96. The van der Waals surface area contributed by atoms with Crippen LogP contribution >= 0.6 is 11.8 Å². The van der Waals surface area contributed by atoms with E-state index in [0.29, 0.717) is 0 Å². The second-order valence-electron chi connectivity index (χ2n) is 5.19. The zero-order valence-electron chi connectivity index (χ0n) is 12.0. The van der Waals surface area contributed by atoms with Crippen molar-refractivity contribution in [2.45, 2.75) is 43.0 Å². The van der Waals surface area contributed by atoms with Crippen molar-refractivity contribution in [1.29, 1.82) is 0 Å². The molecule has 2 rings (SSSR count). The SMILES string of the molecule is CCOC(=O)OCOC(=O)[C@@H]1N2C(=O)C(N)[C@H]2SC1(C)C. The molecule has 2 fully saturated rings. The molecular weight excluding hydrogens is 300 g/mol. The lowest BCUT2D eigenvalue weighted by molar-refractivity contribution is -0.169. The molecule has 0 radical (unpaired) electrons. The molecule has 1 amide bonds. The van der Waals surface area contributed by atoms with Crippen LogP contribution in [-0.4, -0.2) is 58.5 Å². The van der Waals surface area contributed by atoms with Crippen LogP contribution in [0.2, 0.25) is 0 Å². The summed E-state index contributed by atoms with van der Waals surface area (Å²) < 4.78 is 13.5. The molecule has 21 heavy (non-hydrogen) atoms. The van der Waals surface area contributed by atoms with Gasteiger partial charge >= 0.3 is 12.1 Å². The van der Waals surface area contributed by atoms with E-state index in [1.165, 1.54) is 16.7 Å². The summed E-state index contributed by atoms with van der Waals surface area (Å²) in [4.78, 5) is 36.3. The minimum absolute atomic E-state index is 0.168. The summed E-state index contributed by atoms with van der Waals surface area (Å²) in [6.45, 7) is 4.93. The zero-order chi connectivity index (χ0) is 15.8. The van der Waals surface area contributed by atoms with Crippen LogP contribution in [0.25, 0.3) is 0 Å². The van der Waals surface area contributed by atoms with Crippen LogP contribution in [0, 0.1) is 0 Å². The summed E-state index contributed by atoms with van der Waals surface area (Å²) in [7, 11) is 0. The molecule has 2 N–H and O–H groups in total. The van der Waals surface area contributed by atoms with Crippen molar-refractivity contribution in [2.75, 3.05) is 13.4 Å². The second-order valence-corrected chi connectivity index (χ2v) is 6.97. The van der Waals surface area contributed by atoms with Gasteiger partial charge in [0, 0.05) is 4.75 Å². The number of hydrogen-bond acceptors (Lipinski definition) is 8. The van der Waals surface area contributed by atoms with E-state index in [4.69, 9.17) is 10.5 Å². The van der Waals surface area contributed by atoms with Crippen molar-refractivity contribution < 1.29 is 28.6 Å². The van der Waals surface area contributed by atoms with E-state index in [-0.39, 0.29) is 17.9 Å². The summed E-state index contributed by atoms with van der Waals surface area (Å²) in [6.07, 6.45) is -0.912. The van der Waals surface area contributed by atoms with Crippen molar-refractivity contribution in [3.63, 3.8) is 0 Å². The summed E-state index contributed by atoms with van der Waals surface area (Å²) in [6, 6.07) is -1.33. The number of carbonyl (C=O) groups excluding carboxylic acids is 3. The predicted octanol–water partition coefficient (Wildman–Crippen LogP) is 0.0498. The van der Waals surface area contributed by atoms with Crippen LogP contribution in [-0.2, 0) is 23.8 Å². The normalized spacial score (nSPS) is 29.4. The molecule has 9 heteroatoms. The fraction of sp³-hybridized carbons (Fsp3) is 0.750. The number of hydrogen-bond donors (Lipinski definition) is 1. The third-order valence-electron chi connectivity index (χ3n) is 3.35. The summed E-state index contributed by atoms with van der Waals surface area (Å²) >= 11 is 1.46. The maximum atomic E-state index is 12.1. The molecule has 3 atom stereocenters. The monoisotopic (exact) mass is 318 g/mol. The number of nitrogens with zero attached hydrogens (tertiary/aromatic N) is 1. The van der Waals surface area contributed by atoms with E-state index in [0.717, 1.165) is 0 Å². The van der Waals surface area contributed by atoms with E-state index in [2.05, 4.69) is 9.47 Å². The van der Waals surface area contributed by atoms with Gasteiger partial charge in [0.1, 0.15) is 17.5 Å². The molecule has 2 aliphatic heterocycles. The number of nitrogens with two attached hydrogens (primary N) is 1. The fourth-order valence-electron chi connectivity index (χ4n) is 2.40. The Morgan fingerprint density at radius 1 is 1.33 bits per heavy atom. The van der Waals surface area contributed by atoms with Crippen LogP contribution in [0.4, 0.5) is 4.79 Å². The largest absolute Gasteiger partial charge is 0.511 e. The van der Waals surface area contributed by atoms with Gasteiger partial charge in [0.05, 0.1) is 6.61 Å². The number of ether oxygens (including phenoxy) is 3. The van der Waals surface area contributed by atoms with Crippen LogP contribution in [0.3, 0.4) is 0 Å². The Bertz CT molecular complexity index is 469. The highest BCUT2D eigenvalue weighted by Gasteiger charge is 2.63. The second kappa shape index (κ2) is 5.72. The number of β-lactam (4-membered cyclic amide) rings is 1. The summed E-state index contributed by atoms with van der Waals surface area (Å²) in [5, 5.41) is -0.212. The Labute approximate surface area is 126 Å². The molecular formula is C12H18N2O6S.